The third-order valence-electron chi connectivity index (χ3n) is 1.86. The van der Waals surface area contributed by atoms with Crippen LogP contribution < -0.4 is 0 Å². The molecule has 0 saturated carbocycles. The number of rotatable bonds is 2. The normalized spacial score (nSPS) is 10.3. The second-order valence-electron chi connectivity index (χ2n) is 2.86. The van der Waals surface area contributed by atoms with E-state index in [0.29, 0.717) is 18.0 Å². The van der Waals surface area contributed by atoms with Crippen LogP contribution in [0.1, 0.15) is 6.42 Å². The summed E-state index contributed by atoms with van der Waals surface area (Å²) < 4.78 is 0. The van der Waals surface area contributed by atoms with E-state index in [9.17, 15) is 0 Å². The van der Waals surface area contributed by atoms with Gasteiger partial charge in [0.1, 0.15) is 11.0 Å². The average molecular weight is 206 g/mol. The van der Waals surface area contributed by atoms with Crippen molar-refractivity contribution in [2.24, 2.45) is 0 Å². The molecule has 0 fully saturated rings. The lowest BCUT2D eigenvalue weighted by molar-refractivity contribution is 0.555. The van der Waals surface area contributed by atoms with E-state index in [1.165, 1.54) is 0 Å². The average Bonchev–Trinajstić information content (AvgIpc) is 2.59. The van der Waals surface area contributed by atoms with Gasteiger partial charge < -0.3 is 0 Å². The predicted octanol–water partition coefficient (Wildman–Crippen LogP) is 2.11. The lowest BCUT2D eigenvalue weighted by Gasteiger charge is -1.91. The van der Waals surface area contributed by atoms with Crippen molar-refractivity contribution in [3.8, 4) is 12.3 Å². The zero-order valence-electron chi connectivity index (χ0n) is 7.44. The maximum absolute atomic E-state index is 5.95. The second-order valence-corrected chi connectivity index (χ2v) is 3.26. The van der Waals surface area contributed by atoms with Crippen molar-refractivity contribution >= 4 is 22.6 Å². The Bertz CT molecular complexity index is 496. The molecule has 0 atom stereocenters. The van der Waals surface area contributed by atoms with Gasteiger partial charge in [0.2, 0.25) is 0 Å². The number of fused-ring (bicyclic) bond motifs is 1. The van der Waals surface area contributed by atoms with Gasteiger partial charge in [0.15, 0.2) is 0 Å². The zero-order chi connectivity index (χ0) is 9.97. The largest absolute Gasteiger partial charge is 0.183 e. The van der Waals surface area contributed by atoms with E-state index in [1.54, 1.807) is 10.9 Å². The molecule has 4 heteroatoms. The van der Waals surface area contributed by atoms with Crippen LogP contribution in [0.4, 0.5) is 0 Å². The maximum Gasteiger partial charge on any atom is 0.131 e. The monoisotopic (exact) mass is 205 g/mol. The van der Waals surface area contributed by atoms with E-state index in [4.69, 9.17) is 18.0 Å². The predicted molar refractivity (Wildman–Crippen MR) is 56.0 cm³/mol. The molecule has 2 rings (SSSR count). The van der Waals surface area contributed by atoms with Crippen LogP contribution in [0.15, 0.2) is 18.2 Å². The topological polar surface area (TPSA) is 30.7 Å². The minimum atomic E-state index is 0.620. The quantitative estimate of drug-likeness (QED) is 0.703. The summed E-state index contributed by atoms with van der Waals surface area (Å²) in [4.78, 5) is 1.58. The van der Waals surface area contributed by atoms with E-state index in [0.717, 1.165) is 11.0 Å². The number of nitrogens with zero attached hydrogens (tertiary/aromatic N) is 3. The van der Waals surface area contributed by atoms with Crippen molar-refractivity contribution in [3.63, 3.8) is 0 Å². The molecule has 1 heterocycles. The van der Waals surface area contributed by atoms with Crippen LogP contribution in [0.5, 0.6) is 0 Å². The highest BCUT2D eigenvalue weighted by molar-refractivity contribution is 6.34. The molecule has 3 nitrogen and oxygen atoms in total. The number of aryl methyl sites for hydroxylation is 1. The van der Waals surface area contributed by atoms with E-state index < -0.39 is 0 Å². The molecule has 2 aromatic rings. The Kier molecular flexibility index (Phi) is 2.38. The molecule has 14 heavy (non-hydrogen) atoms. The van der Waals surface area contributed by atoms with Gasteiger partial charge in [-0.05, 0) is 12.1 Å². The highest BCUT2D eigenvalue weighted by atomic mass is 35.5. The molecule has 70 valence electrons. The van der Waals surface area contributed by atoms with Crippen LogP contribution in [0.25, 0.3) is 11.0 Å². The van der Waals surface area contributed by atoms with Crippen LogP contribution in [0.3, 0.4) is 0 Å². The summed E-state index contributed by atoms with van der Waals surface area (Å²) >= 11 is 5.95. The summed E-state index contributed by atoms with van der Waals surface area (Å²) in [5, 5.41) is 9.08. The summed E-state index contributed by atoms with van der Waals surface area (Å²) in [5.74, 6) is 2.54. The third-order valence-corrected chi connectivity index (χ3v) is 2.17. The third kappa shape index (κ3) is 1.57. The van der Waals surface area contributed by atoms with E-state index >= 15 is 0 Å². The first-order valence-electron chi connectivity index (χ1n) is 4.24. The Morgan fingerprint density at radius 2 is 2.29 bits per heavy atom. The van der Waals surface area contributed by atoms with Crippen LogP contribution in [-0.2, 0) is 6.54 Å². The Labute approximate surface area is 86.7 Å². The van der Waals surface area contributed by atoms with Gasteiger partial charge in [-0.2, -0.15) is 15.0 Å². The van der Waals surface area contributed by atoms with E-state index in [1.807, 2.05) is 12.1 Å². The molecule has 0 saturated heterocycles. The molecule has 0 aliphatic heterocycles. The van der Waals surface area contributed by atoms with Gasteiger partial charge in [-0.25, -0.2) is 0 Å². The fraction of sp³-hybridized carbons (Fsp3) is 0.200. The number of terminal acetylenes is 1. The van der Waals surface area contributed by atoms with E-state index in [-0.39, 0.29) is 0 Å². The zero-order valence-corrected chi connectivity index (χ0v) is 8.20. The number of aromatic nitrogens is 3. The van der Waals surface area contributed by atoms with Crippen molar-refractivity contribution in [2.45, 2.75) is 13.0 Å². The first-order chi connectivity index (χ1) is 6.81. The molecule has 0 amide bonds. The first kappa shape index (κ1) is 9.04. The molecular formula is C10H8ClN3. The summed E-state index contributed by atoms with van der Waals surface area (Å²) in [7, 11) is 0. The molecule has 0 N–H and O–H groups in total. The van der Waals surface area contributed by atoms with Crippen molar-refractivity contribution in [1.82, 2.24) is 15.0 Å². The highest BCUT2D eigenvalue weighted by Gasteiger charge is 2.04. The summed E-state index contributed by atoms with van der Waals surface area (Å²) in [6.45, 7) is 0.626. The molecule has 0 aliphatic carbocycles. The van der Waals surface area contributed by atoms with E-state index in [2.05, 4.69) is 16.1 Å². The fourth-order valence-electron chi connectivity index (χ4n) is 1.21. The Morgan fingerprint density at radius 3 is 3.00 bits per heavy atom. The van der Waals surface area contributed by atoms with Gasteiger partial charge >= 0.3 is 0 Å². The smallest absolute Gasteiger partial charge is 0.131 e. The number of hydrogen-bond acceptors (Lipinski definition) is 2. The van der Waals surface area contributed by atoms with Crippen molar-refractivity contribution < 1.29 is 0 Å². The van der Waals surface area contributed by atoms with Crippen molar-refractivity contribution in [2.75, 3.05) is 0 Å². The van der Waals surface area contributed by atoms with Crippen molar-refractivity contribution in [3.05, 3.63) is 23.2 Å². The summed E-state index contributed by atoms with van der Waals surface area (Å²) in [6, 6.07) is 5.52. The molecule has 0 aliphatic rings. The van der Waals surface area contributed by atoms with Gasteiger partial charge in [-0.15, -0.1) is 12.3 Å². The molecule has 0 radical (unpaired) electrons. The number of hydrogen-bond donors (Lipinski definition) is 0. The molecule has 0 unspecified atom stereocenters. The van der Waals surface area contributed by atoms with Crippen LogP contribution in [0, 0.1) is 12.3 Å². The summed E-state index contributed by atoms with van der Waals surface area (Å²) in [5.41, 5.74) is 1.53. The lowest BCUT2D eigenvalue weighted by atomic mass is 10.3. The van der Waals surface area contributed by atoms with Crippen LogP contribution in [-0.4, -0.2) is 15.0 Å². The SMILES string of the molecule is C#CCCn1nc2cccc(Cl)c2n1. The number of halogens is 1. The Hall–Kier alpha value is -1.53. The lowest BCUT2D eigenvalue weighted by Crippen LogP contribution is -2.00. The molecule has 1 aromatic carbocycles. The second kappa shape index (κ2) is 3.69. The Morgan fingerprint density at radius 1 is 1.43 bits per heavy atom. The fourth-order valence-corrected chi connectivity index (χ4v) is 1.42. The van der Waals surface area contributed by atoms with Gasteiger partial charge in [0.25, 0.3) is 0 Å². The van der Waals surface area contributed by atoms with Gasteiger partial charge in [-0.1, -0.05) is 17.7 Å². The maximum atomic E-state index is 5.95. The molecular weight excluding hydrogens is 198 g/mol. The molecule has 0 bridgehead atoms. The highest BCUT2D eigenvalue weighted by Crippen LogP contribution is 2.19. The standard InChI is InChI=1S/C10H8ClN3/c1-2-3-7-14-12-9-6-4-5-8(11)10(9)13-14/h1,4-6H,3,7H2. The minimum absolute atomic E-state index is 0.620. The van der Waals surface area contributed by atoms with Gasteiger partial charge in [0.05, 0.1) is 11.6 Å². The molecule has 1 aromatic heterocycles. The van der Waals surface area contributed by atoms with Crippen LogP contribution in [0.2, 0.25) is 5.02 Å². The van der Waals surface area contributed by atoms with Gasteiger partial charge in [0, 0.05) is 6.42 Å². The number of benzene rings is 1. The molecule has 0 spiro atoms. The summed E-state index contributed by atoms with van der Waals surface area (Å²) in [6.07, 6.45) is 5.78. The van der Waals surface area contributed by atoms with Crippen LogP contribution >= 0.6 is 11.6 Å². The van der Waals surface area contributed by atoms with Crippen molar-refractivity contribution in [1.29, 1.82) is 0 Å². The first-order valence-corrected chi connectivity index (χ1v) is 4.62. The Balaban J connectivity index is 2.42. The minimum Gasteiger partial charge on any atom is -0.183 e. The van der Waals surface area contributed by atoms with Gasteiger partial charge in [-0.3, -0.25) is 0 Å².